The lowest BCUT2D eigenvalue weighted by Crippen LogP contribution is -2.39. The van der Waals surface area contributed by atoms with Crippen LogP contribution in [0.5, 0.6) is 0 Å². The highest BCUT2D eigenvalue weighted by atomic mass is 16.6. The lowest BCUT2D eigenvalue weighted by atomic mass is 10.2. The molecule has 0 radical (unpaired) electrons. The number of carbonyl (C=O) groups is 1. The molecular weight excluding hydrogens is 230 g/mol. The topological polar surface area (TPSA) is 42.1 Å². The van der Waals surface area contributed by atoms with Crippen LogP contribution in [0, 0.1) is 0 Å². The van der Waals surface area contributed by atoms with Gasteiger partial charge in [0.1, 0.15) is 12.7 Å². The van der Waals surface area contributed by atoms with E-state index in [4.69, 9.17) is 9.47 Å². The summed E-state index contributed by atoms with van der Waals surface area (Å²) in [6.07, 6.45) is 2.12. The largest absolute Gasteiger partial charge is 0.445 e. The number of epoxide rings is 1. The van der Waals surface area contributed by atoms with Gasteiger partial charge in [-0.3, -0.25) is 0 Å². The molecule has 96 valence electrons. The highest BCUT2D eigenvalue weighted by molar-refractivity contribution is 5.68. The smallest absolute Gasteiger partial charge is 0.410 e. The van der Waals surface area contributed by atoms with Crippen LogP contribution in [0.2, 0.25) is 0 Å². The minimum Gasteiger partial charge on any atom is -0.445 e. The normalized spacial score (nSPS) is 26.1. The average molecular weight is 247 g/mol. The quantitative estimate of drug-likeness (QED) is 0.769. The molecule has 1 aromatic rings. The highest BCUT2D eigenvalue weighted by Gasteiger charge is 2.42. The summed E-state index contributed by atoms with van der Waals surface area (Å²) >= 11 is 0. The molecule has 3 rings (SSSR count). The predicted molar refractivity (Wildman–Crippen MR) is 66.1 cm³/mol. The fourth-order valence-corrected chi connectivity index (χ4v) is 2.49. The lowest BCUT2D eigenvalue weighted by molar-refractivity contribution is 0.0871. The Morgan fingerprint density at radius 1 is 1.39 bits per heavy atom. The van der Waals surface area contributed by atoms with E-state index in [2.05, 4.69) is 0 Å². The first-order valence-corrected chi connectivity index (χ1v) is 6.43. The molecule has 4 nitrogen and oxygen atoms in total. The minimum absolute atomic E-state index is 0.211. The van der Waals surface area contributed by atoms with Gasteiger partial charge < -0.3 is 14.4 Å². The molecule has 0 aromatic heterocycles. The van der Waals surface area contributed by atoms with E-state index in [1.165, 1.54) is 0 Å². The number of hydrogen-bond acceptors (Lipinski definition) is 3. The molecule has 0 bridgehead atoms. The van der Waals surface area contributed by atoms with Crippen LogP contribution < -0.4 is 0 Å². The zero-order valence-corrected chi connectivity index (χ0v) is 10.2. The van der Waals surface area contributed by atoms with Gasteiger partial charge in [0.25, 0.3) is 0 Å². The molecule has 4 heteroatoms. The molecular formula is C14H17NO3. The molecule has 0 saturated carbocycles. The highest BCUT2D eigenvalue weighted by Crippen LogP contribution is 2.28. The third kappa shape index (κ3) is 2.48. The second-order valence-electron chi connectivity index (χ2n) is 4.81. The SMILES string of the molecule is O=C(OCc1ccccc1)N1CCC[C@H]1[C@@H]1CO1. The minimum atomic E-state index is -0.211. The summed E-state index contributed by atoms with van der Waals surface area (Å²) in [4.78, 5) is 13.8. The Kier molecular flexibility index (Phi) is 3.19. The molecule has 1 aromatic carbocycles. The van der Waals surface area contributed by atoms with Gasteiger partial charge in [0.15, 0.2) is 0 Å². The van der Waals surface area contributed by atoms with Crippen molar-refractivity contribution in [1.82, 2.24) is 4.90 Å². The molecule has 2 heterocycles. The monoisotopic (exact) mass is 247 g/mol. The maximum absolute atomic E-state index is 12.0. The number of likely N-dealkylation sites (tertiary alicyclic amines) is 1. The Labute approximate surface area is 106 Å². The molecule has 0 aliphatic carbocycles. The van der Waals surface area contributed by atoms with E-state index in [1.54, 1.807) is 0 Å². The Balaban J connectivity index is 1.54. The Bertz CT molecular complexity index is 416. The molecule has 0 N–H and O–H groups in total. The van der Waals surface area contributed by atoms with Gasteiger partial charge in [0, 0.05) is 6.54 Å². The number of benzene rings is 1. The van der Waals surface area contributed by atoms with E-state index >= 15 is 0 Å². The number of rotatable bonds is 3. The van der Waals surface area contributed by atoms with Crippen molar-refractivity contribution in [1.29, 1.82) is 0 Å². The fraction of sp³-hybridized carbons (Fsp3) is 0.500. The Hall–Kier alpha value is -1.55. The molecule has 1 amide bonds. The molecule has 0 spiro atoms. The second kappa shape index (κ2) is 4.98. The van der Waals surface area contributed by atoms with Crippen LogP contribution in [0.15, 0.2) is 30.3 Å². The lowest BCUT2D eigenvalue weighted by Gasteiger charge is -2.22. The van der Waals surface area contributed by atoms with Crippen LogP contribution in [0.3, 0.4) is 0 Å². The molecule has 2 saturated heterocycles. The number of nitrogens with zero attached hydrogens (tertiary/aromatic N) is 1. The third-order valence-electron chi connectivity index (χ3n) is 3.53. The van der Waals surface area contributed by atoms with Crippen molar-refractivity contribution in [2.75, 3.05) is 13.2 Å². The number of ether oxygens (including phenoxy) is 2. The van der Waals surface area contributed by atoms with Crippen molar-refractivity contribution in [2.45, 2.75) is 31.6 Å². The van der Waals surface area contributed by atoms with Crippen molar-refractivity contribution >= 4 is 6.09 Å². The van der Waals surface area contributed by atoms with E-state index in [9.17, 15) is 4.79 Å². The maximum atomic E-state index is 12.0. The first-order valence-electron chi connectivity index (χ1n) is 6.43. The third-order valence-corrected chi connectivity index (χ3v) is 3.53. The van der Waals surface area contributed by atoms with Crippen molar-refractivity contribution in [3.63, 3.8) is 0 Å². The number of hydrogen-bond donors (Lipinski definition) is 0. The zero-order chi connectivity index (χ0) is 12.4. The summed E-state index contributed by atoms with van der Waals surface area (Å²) in [6, 6.07) is 9.98. The van der Waals surface area contributed by atoms with Gasteiger partial charge in [0.2, 0.25) is 0 Å². The average Bonchev–Trinajstić information content (AvgIpc) is 3.14. The number of amides is 1. The van der Waals surface area contributed by atoms with E-state index in [1.807, 2.05) is 35.2 Å². The zero-order valence-electron chi connectivity index (χ0n) is 10.2. The van der Waals surface area contributed by atoms with Gasteiger partial charge in [-0.25, -0.2) is 4.79 Å². The molecule has 2 aliphatic heterocycles. The standard InChI is InChI=1S/C14H17NO3/c16-14(18-9-11-5-2-1-3-6-11)15-8-4-7-12(15)13-10-17-13/h1-3,5-6,12-13H,4,7-10H2/t12-,13-/m0/s1. The molecule has 2 fully saturated rings. The maximum Gasteiger partial charge on any atom is 0.410 e. The van der Waals surface area contributed by atoms with Crippen LogP contribution >= 0.6 is 0 Å². The molecule has 0 unspecified atom stereocenters. The predicted octanol–water partition coefficient (Wildman–Crippen LogP) is 2.19. The van der Waals surface area contributed by atoms with E-state index in [0.717, 1.165) is 31.6 Å². The van der Waals surface area contributed by atoms with Crippen molar-refractivity contribution < 1.29 is 14.3 Å². The van der Waals surface area contributed by atoms with Crippen LogP contribution in [0.25, 0.3) is 0 Å². The van der Waals surface area contributed by atoms with Crippen LogP contribution in [0.4, 0.5) is 4.79 Å². The fourth-order valence-electron chi connectivity index (χ4n) is 2.49. The summed E-state index contributed by atoms with van der Waals surface area (Å²) in [5.41, 5.74) is 1.02. The van der Waals surface area contributed by atoms with Crippen molar-refractivity contribution in [2.24, 2.45) is 0 Å². The van der Waals surface area contributed by atoms with Crippen molar-refractivity contribution in [3.8, 4) is 0 Å². The first-order chi connectivity index (χ1) is 8.84. The van der Waals surface area contributed by atoms with Gasteiger partial charge in [-0.2, -0.15) is 0 Å². The van der Waals surface area contributed by atoms with Crippen LogP contribution in [-0.4, -0.2) is 36.3 Å². The first kappa shape index (κ1) is 11.5. The number of carbonyl (C=O) groups excluding carboxylic acids is 1. The van der Waals surface area contributed by atoms with E-state index in [-0.39, 0.29) is 18.2 Å². The van der Waals surface area contributed by atoms with E-state index in [0.29, 0.717) is 6.61 Å². The summed E-state index contributed by atoms with van der Waals surface area (Å²) in [7, 11) is 0. The van der Waals surface area contributed by atoms with Crippen LogP contribution in [-0.2, 0) is 16.1 Å². The van der Waals surface area contributed by atoms with Crippen molar-refractivity contribution in [3.05, 3.63) is 35.9 Å². The molecule has 2 aliphatic rings. The van der Waals surface area contributed by atoms with Crippen LogP contribution in [0.1, 0.15) is 18.4 Å². The van der Waals surface area contributed by atoms with Gasteiger partial charge in [-0.15, -0.1) is 0 Å². The Morgan fingerprint density at radius 3 is 2.89 bits per heavy atom. The molecule has 18 heavy (non-hydrogen) atoms. The van der Waals surface area contributed by atoms with Gasteiger partial charge >= 0.3 is 6.09 Å². The summed E-state index contributed by atoms with van der Waals surface area (Å²) < 4.78 is 10.6. The van der Waals surface area contributed by atoms with E-state index < -0.39 is 0 Å². The second-order valence-corrected chi connectivity index (χ2v) is 4.81. The summed E-state index contributed by atoms with van der Waals surface area (Å²) in [5.74, 6) is 0. The van der Waals surface area contributed by atoms with Gasteiger partial charge in [-0.1, -0.05) is 30.3 Å². The molecule has 2 atom stereocenters. The van der Waals surface area contributed by atoms with Gasteiger partial charge in [-0.05, 0) is 18.4 Å². The van der Waals surface area contributed by atoms with Gasteiger partial charge in [0.05, 0.1) is 12.6 Å². The summed E-state index contributed by atoms with van der Waals surface area (Å²) in [6.45, 7) is 1.92. The Morgan fingerprint density at radius 2 is 2.17 bits per heavy atom. The summed E-state index contributed by atoms with van der Waals surface area (Å²) in [5, 5.41) is 0.